The van der Waals surface area contributed by atoms with Gasteiger partial charge in [-0.05, 0) is 68.0 Å². The molecule has 0 fully saturated rings. The molecule has 1 aromatic heterocycles. The number of rotatable bonds is 8. The largest absolute Gasteiger partial charge is 0.481 e. The predicted molar refractivity (Wildman–Crippen MR) is 143 cm³/mol. The van der Waals surface area contributed by atoms with E-state index in [2.05, 4.69) is 26.9 Å². The summed E-state index contributed by atoms with van der Waals surface area (Å²) in [5.74, 6) is 0.0709. The van der Waals surface area contributed by atoms with E-state index in [1.165, 1.54) is 0 Å². The summed E-state index contributed by atoms with van der Waals surface area (Å²) in [6, 6.07) is 25.6. The topological polar surface area (TPSA) is 45.6 Å². The Labute approximate surface area is 214 Å². The second-order valence-electron chi connectivity index (χ2n) is 8.75. The number of hydrogen-bond acceptors (Lipinski definition) is 4. The Balaban J connectivity index is 2.01. The molecule has 1 heterocycles. The Morgan fingerprint density at radius 3 is 2.38 bits per heavy atom. The van der Waals surface area contributed by atoms with E-state index in [4.69, 9.17) is 21.3 Å². The van der Waals surface area contributed by atoms with Crippen molar-refractivity contribution in [2.75, 3.05) is 27.7 Å². The van der Waals surface area contributed by atoms with Crippen LogP contribution in [0, 0.1) is 0 Å². The molecule has 34 heavy (non-hydrogen) atoms. The van der Waals surface area contributed by atoms with Crippen LogP contribution in [-0.4, -0.2) is 42.7 Å². The molecule has 0 radical (unpaired) electrons. The molecule has 1 N–H and O–H groups in total. The third-order valence-corrected chi connectivity index (χ3v) is 6.91. The smallest absolute Gasteiger partial charge is 0.217 e. The molecule has 2 atom stereocenters. The zero-order chi connectivity index (χ0) is 24.3. The maximum Gasteiger partial charge on any atom is 0.217 e. The number of aromatic nitrogens is 1. The van der Waals surface area contributed by atoms with Crippen LogP contribution in [0.2, 0.25) is 5.02 Å². The molecular weight excluding hydrogens is 512 g/mol. The van der Waals surface area contributed by atoms with E-state index in [9.17, 15) is 5.11 Å². The van der Waals surface area contributed by atoms with Gasteiger partial charge in [0.2, 0.25) is 5.88 Å². The zero-order valence-corrected chi connectivity index (χ0v) is 21.8. The number of fused-ring (bicyclic) bond motifs is 1. The molecule has 0 bridgehead atoms. The van der Waals surface area contributed by atoms with Crippen LogP contribution < -0.4 is 4.74 Å². The van der Waals surface area contributed by atoms with Gasteiger partial charge in [0.25, 0.3) is 0 Å². The normalized spacial score (nSPS) is 14.2. The second-order valence-corrected chi connectivity index (χ2v) is 10.1. The summed E-state index contributed by atoms with van der Waals surface area (Å²) in [6.45, 7) is 0.692. The minimum Gasteiger partial charge on any atom is -0.481 e. The molecule has 4 rings (SSSR count). The Kier molecular flexibility index (Phi) is 7.58. The molecule has 0 unspecified atom stereocenters. The summed E-state index contributed by atoms with van der Waals surface area (Å²) < 4.78 is 6.76. The quantitative estimate of drug-likeness (QED) is 0.273. The molecule has 0 aliphatic rings. The van der Waals surface area contributed by atoms with Crippen molar-refractivity contribution in [3.63, 3.8) is 0 Å². The van der Waals surface area contributed by atoms with Crippen LogP contribution in [0.25, 0.3) is 10.9 Å². The van der Waals surface area contributed by atoms with Gasteiger partial charge in [0.05, 0.1) is 12.6 Å². The first-order valence-corrected chi connectivity index (χ1v) is 12.3. The summed E-state index contributed by atoms with van der Waals surface area (Å²) in [7, 11) is 5.64. The van der Waals surface area contributed by atoms with Crippen LogP contribution in [0.5, 0.6) is 5.88 Å². The molecule has 0 saturated carbocycles. The molecule has 0 saturated heterocycles. The number of halogens is 2. The first-order valence-electron chi connectivity index (χ1n) is 11.1. The van der Waals surface area contributed by atoms with E-state index in [-0.39, 0.29) is 0 Å². The highest BCUT2D eigenvalue weighted by molar-refractivity contribution is 9.10. The van der Waals surface area contributed by atoms with Crippen molar-refractivity contribution < 1.29 is 9.84 Å². The van der Waals surface area contributed by atoms with Crippen LogP contribution in [-0.2, 0) is 5.60 Å². The summed E-state index contributed by atoms with van der Waals surface area (Å²) in [5.41, 5.74) is 2.19. The molecule has 0 aliphatic carbocycles. The van der Waals surface area contributed by atoms with Crippen LogP contribution in [0.4, 0.5) is 0 Å². The van der Waals surface area contributed by atoms with E-state index in [0.717, 1.165) is 32.1 Å². The number of nitrogens with zero attached hydrogens (tertiary/aromatic N) is 2. The van der Waals surface area contributed by atoms with Gasteiger partial charge >= 0.3 is 0 Å². The third kappa shape index (κ3) is 5.13. The average molecular weight is 540 g/mol. The maximum atomic E-state index is 12.6. The zero-order valence-electron chi connectivity index (χ0n) is 19.5. The van der Waals surface area contributed by atoms with Crippen molar-refractivity contribution in [3.05, 3.63) is 105 Å². The molecule has 0 amide bonds. The highest BCUT2D eigenvalue weighted by Crippen LogP contribution is 2.47. The van der Waals surface area contributed by atoms with Gasteiger partial charge in [-0.15, -0.1) is 0 Å². The lowest BCUT2D eigenvalue weighted by atomic mass is 9.71. The third-order valence-electron chi connectivity index (χ3n) is 6.17. The first kappa shape index (κ1) is 24.7. The van der Waals surface area contributed by atoms with Gasteiger partial charge < -0.3 is 14.7 Å². The predicted octanol–water partition coefficient (Wildman–Crippen LogP) is 6.63. The summed E-state index contributed by atoms with van der Waals surface area (Å²) in [6.07, 6.45) is 0.501. The monoisotopic (exact) mass is 538 g/mol. The van der Waals surface area contributed by atoms with Gasteiger partial charge in [-0.2, -0.15) is 0 Å². The Hall–Kier alpha value is -2.44. The maximum absolute atomic E-state index is 12.6. The first-order chi connectivity index (χ1) is 16.3. The minimum atomic E-state index is -1.25. The van der Waals surface area contributed by atoms with Crippen LogP contribution in [0.3, 0.4) is 0 Å². The molecule has 4 nitrogen and oxygen atoms in total. The van der Waals surface area contributed by atoms with Crippen molar-refractivity contribution in [2.24, 2.45) is 0 Å². The fourth-order valence-electron chi connectivity index (χ4n) is 4.46. The van der Waals surface area contributed by atoms with E-state index < -0.39 is 11.5 Å². The van der Waals surface area contributed by atoms with Gasteiger partial charge in [-0.25, -0.2) is 4.98 Å². The SMILES string of the molecule is COc1nc2ccc(Br)cc2cc1[C@H](c1ccccc1)[C@](O)(CCN(C)C)c1ccc(Cl)cc1. The number of pyridine rings is 1. The van der Waals surface area contributed by atoms with E-state index in [0.29, 0.717) is 23.9 Å². The van der Waals surface area contributed by atoms with Gasteiger partial charge in [-0.1, -0.05) is 70.0 Å². The lowest BCUT2D eigenvalue weighted by Crippen LogP contribution is -2.37. The molecule has 4 aromatic rings. The van der Waals surface area contributed by atoms with Crippen LogP contribution in [0.15, 0.2) is 83.3 Å². The average Bonchev–Trinajstić information content (AvgIpc) is 2.83. The number of hydrogen-bond donors (Lipinski definition) is 1. The number of aliphatic hydroxyl groups is 1. The second kappa shape index (κ2) is 10.4. The van der Waals surface area contributed by atoms with E-state index >= 15 is 0 Å². The Morgan fingerprint density at radius 2 is 1.74 bits per heavy atom. The molecule has 0 aliphatic heterocycles. The summed E-state index contributed by atoms with van der Waals surface area (Å²) >= 11 is 9.78. The van der Waals surface area contributed by atoms with Crippen LogP contribution >= 0.6 is 27.5 Å². The van der Waals surface area contributed by atoms with Gasteiger partial charge in [0.1, 0.15) is 5.60 Å². The molecule has 6 heteroatoms. The highest BCUT2D eigenvalue weighted by Gasteiger charge is 2.42. The van der Waals surface area contributed by atoms with Gasteiger partial charge in [-0.3, -0.25) is 0 Å². The molecule has 0 spiro atoms. The van der Waals surface area contributed by atoms with Crippen molar-refractivity contribution in [1.82, 2.24) is 9.88 Å². The fraction of sp³-hybridized carbons (Fsp3) is 0.250. The van der Waals surface area contributed by atoms with Crippen molar-refractivity contribution in [1.29, 1.82) is 0 Å². The molecule has 176 valence electrons. The van der Waals surface area contributed by atoms with Gasteiger partial charge in [0.15, 0.2) is 0 Å². The molecular formula is C28H28BrClN2O2. The summed E-state index contributed by atoms with van der Waals surface area (Å²) in [5, 5.41) is 14.2. The lowest BCUT2D eigenvalue weighted by Gasteiger charge is -2.39. The van der Waals surface area contributed by atoms with Crippen molar-refractivity contribution >= 4 is 38.4 Å². The number of ether oxygens (including phenoxy) is 1. The van der Waals surface area contributed by atoms with E-state index in [1.54, 1.807) is 7.11 Å². The Morgan fingerprint density at radius 1 is 1.03 bits per heavy atom. The summed E-state index contributed by atoms with van der Waals surface area (Å²) in [4.78, 5) is 6.89. The number of methoxy groups -OCH3 is 1. The fourth-order valence-corrected chi connectivity index (χ4v) is 4.97. The lowest BCUT2D eigenvalue weighted by molar-refractivity contribution is 0.00381. The van der Waals surface area contributed by atoms with E-state index in [1.807, 2.05) is 86.9 Å². The highest BCUT2D eigenvalue weighted by atomic mass is 79.9. The molecule has 3 aromatic carbocycles. The van der Waals surface area contributed by atoms with Crippen LogP contribution in [0.1, 0.15) is 29.0 Å². The number of benzene rings is 3. The van der Waals surface area contributed by atoms with Crippen molar-refractivity contribution in [3.8, 4) is 5.88 Å². The van der Waals surface area contributed by atoms with Gasteiger partial charge in [0, 0.05) is 32.9 Å². The Bertz CT molecular complexity index is 1260. The standard InChI is InChI=1S/C28H28BrClN2O2/c1-32(2)16-15-28(33,21-9-12-23(30)13-10-21)26(19-7-5-4-6-8-19)24-18-20-17-22(29)11-14-25(20)31-27(24)34-3/h4-14,17-18,26,33H,15-16H2,1-3H3/t26-,28-/m0/s1. The van der Waals surface area contributed by atoms with Crippen molar-refractivity contribution in [2.45, 2.75) is 17.9 Å². The minimum absolute atomic E-state index is 0.430.